The molecule has 0 radical (unpaired) electrons. The molecule has 0 saturated heterocycles. The van der Waals surface area contributed by atoms with Crippen LogP contribution >= 0.6 is 0 Å². The van der Waals surface area contributed by atoms with Crippen molar-refractivity contribution < 1.29 is 19.8 Å². The first-order valence-corrected chi connectivity index (χ1v) is 11.4. The summed E-state index contributed by atoms with van der Waals surface area (Å²) in [6, 6.07) is 18.7. The Balaban J connectivity index is 1.68. The zero-order chi connectivity index (χ0) is 23.4. The molecule has 2 aromatic rings. The lowest BCUT2D eigenvalue weighted by Gasteiger charge is -2.33. The van der Waals surface area contributed by atoms with E-state index >= 15 is 0 Å². The van der Waals surface area contributed by atoms with Gasteiger partial charge in [-0.25, -0.2) is 0 Å². The van der Waals surface area contributed by atoms with Crippen LogP contribution in [0.1, 0.15) is 56.6 Å². The van der Waals surface area contributed by atoms with Gasteiger partial charge in [-0.15, -0.1) is 0 Å². The van der Waals surface area contributed by atoms with Gasteiger partial charge in [-0.2, -0.15) is 0 Å². The normalized spacial score (nSPS) is 14.9. The number of aliphatic carboxylic acids is 2. The van der Waals surface area contributed by atoms with Crippen molar-refractivity contribution in [2.75, 3.05) is 13.1 Å². The summed E-state index contributed by atoms with van der Waals surface area (Å²) in [5.74, 6) is -1.85. The van der Waals surface area contributed by atoms with Crippen molar-refractivity contribution in [3.05, 3.63) is 71.8 Å². The first-order chi connectivity index (χ1) is 15.3. The Morgan fingerprint density at radius 2 is 1.44 bits per heavy atom. The van der Waals surface area contributed by atoms with Crippen molar-refractivity contribution in [3.8, 4) is 0 Å². The second-order valence-corrected chi connectivity index (χ2v) is 8.52. The minimum Gasteiger partial charge on any atom is -0.480 e. The molecule has 0 heterocycles. The van der Waals surface area contributed by atoms with Crippen molar-refractivity contribution in [3.63, 3.8) is 0 Å². The van der Waals surface area contributed by atoms with Gasteiger partial charge in [0.25, 0.3) is 0 Å². The summed E-state index contributed by atoms with van der Waals surface area (Å²) in [5.41, 5.74) is 0.971. The molecule has 0 spiro atoms. The van der Waals surface area contributed by atoms with E-state index in [0.717, 1.165) is 36.8 Å². The molecule has 6 nitrogen and oxygen atoms in total. The number of carboxylic acids is 2. The predicted molar refractivity (Wildman–Crippen MR) is 127 cm³/mol. The van der Waals surface area contributed by atoms with E-state index in [9.17, 15) is 19.8 Å². The third-order valence-electron chi connectivity index (χ3n) is 6.18. The van der Waals surface area contributed by atoms with Gasteiger partial charge in [0.05, 0.1) is 0 Å². The molecule has 32 heavy (non-hydrogen) atoms. The second-order valence-electron chi connectivity index (χ2n) is 8.52. The van der Waals surface area contributed by atoms with Crippen molar-refractivity contribution in [2.24, 2.45) is 0 Å². The third-order valence-corrected chi connectivity index (χ3v) is 6.18. The van der Waals surface area contributed by atoms with Crippen LogP contribution in [-0.2, 0) is 16.0 Å². The van der Waals surface area contributed by atoms with E-state index in [-0.39, 0.29) is 5.92 Å². The lowest BCUT2D eigenvalue weighted by molar-refractivity contribution is -0.145. The summed E-state index contributed by atoms with van der Waals surface area (Å²) in [6.45, 7) is 4.96. The monoisotopic (exact) mass is 440 g/mol. The largest absolute Gasteiger partial charge is 0.480 e. The van der Waals surface area contributed by atoms with Crippen LogP contribution in [0.5, 0.6) is 0 Å². The molecule has 0 amide bonds. The van der Waals surface area contributed by atoms with Crippen molar-refractivity contribution in [2.45, 2.75) is 63.5 Å². The fourth-order valence-corrected chi connectivity index (χ4v) is 3.81. The summed E-state index contributed by atoms with van der Waals surface area (Å²) in [5, 5.41) is 25.6. The predicted octanol–water partition coefficient (Wildman–Crippen LogP) is 4.07. The molecule has 4 N–H and O–H groups in total. The molecule has 0 saturated carbocycles. The van der Waals surface area contributed by atoms with E-state index in [2.05, 4.69) is 10.6 Å². The highest BCUT2D eigenvalue weighted by Crippen LogP contribution is 2.28. The number of benzene rings is 2. The van der Waals surface area contributed by atoms with E-state index in [4.69, 9.17) is 0 Å². The third kappa shape index (κ3) is 7.77. The van der Waals surface area contributed by atoms with Gasteiger partial charge in [-0.1, -0.05) is 80.4 Å². The Kier molecular flexibility index (Phi) is 10.4. The molecule has 3 unspecified atom stereocenters. The zero-order valence-electron chi connectivity index (χ0n) is 19.1. The summed E-state index contributed by atoms with van der Waals surface area (Å²) >= 11 is 0. The fraction of sp³-hybridized carbons (Fsp3) is 0.462. The van der Waals surface area contributed by atoms with Crippen LogP contribution in [0.2, 0.25) is 0 Å². The van der Waals surface area contributed by atoms with Crippen LogP contribution in [-0.4, -0.2) is 46.8 Å². The van der Waals surface area contributed by atoms with Crippen LogP contribution in [0.25, 0.3) is 0 Å². The molecular weight excluding hydrogens is 404 g/mol. The Morgan fingerprint density at radius 3 is 2.00 bits per heavy atom. The highest BCUT2D eigenvalue weighted by atomic mass is 16.4. The Labute approximate surface area is 191 Å². The maximum atomic E-state index is 12.0. The zero-order valence-corrected chi connectivity index (χ0v) is 19.1. The molecule has 0 bridgehead atoms. The second kappa shape index (κ2) is 13.0. The van der Waals surface area contributed by atoms with Crippen LogP contribution in [0.3, 0.4) is 0 Å². The number of rotatable bonds is 15. The van der Waals surface area contributed by atoms with Gasteiger partial charge in [0.15, 0.2) is 0 Å². The molecular formula is C26H36N2O4. The topological polar surface area (TPSA) is 98.7 Å². The highest BCUT2D eigenvalue weighted by molar-refractivity contribution is 5.79. The lowest BCUT2D eigenvalue weighted by Crippen LogP contribution is -2.53. The molecule has 0 aromatic heterocycles. The number of unbranched alkanes of at least 4 members (excludes halogenated alkanes) is 3. The summed E-state index contributed by atoms with van der Waals surface area (Å²) in [7, 11) is 0. The average molecular weight is 441 g/mol. The SMILES string of the molecule is CC(c1ccccc1)C(C)(NCCCCCCNC(Cc1ccccc1)C(=O)O)C(=O)O. The van der Waals surface area contributed by atoms with Gasteiger partial charge >= 0.3 is 11.9 Å². The fourth-order valence-electron chi connectivity index (χ4n) is 3.81. The molecule has 6 heteroatoms. The minimum absolute atomic E-state index is 0.164. The summed E-state index contributed by atoms with van der Waals surface area (Å²) in [4.78, 5) is 23.5. The van der Waals surface area contributed by atoms with E-state index in [1.165, 1.54) is 0 Å². The van der Waals surface area contributed by atoms with Crippen LogP contribution < -0.4 is 10.6 Å². The van der Waals surface area contributed by atoms with Gasteiger partial charge < -0.3 is 20.8 Å². The van der Waals surface area contributed by atoms with Gasteiger partial charge in [0.1, 0.15) is 11.6 Å². The first kappa shape index (κ1) is 25.6. The molecule has 0 fully saturated rings. The molecule has 0 aliphatic heterocycles. The number of hydrogen-bond acceptors (Lipinski definition) is 4. The standard InChI is InChI=1S/C26H36N2O4/c1-20(22-15-9-6-10-16-22)26(2,25(31)32)28-18-12-4-3-11-17-27-23(24(29)30)19-21-13-7-5-8-14-21/h5-10,13-16,20,23,27-28H,3-4,11-12,17-19H2,1-2H3,(H,29,30)(H,31,32). The van der Waals surface area contributed by atoms with Crippen LogP contribution in [0.4, 0.5) is 0 Å². The molecule has 174 valence electrons. The van der Waals surface area contributed by atoms with Crippen molar-refractivity contribution in [1.82, 2.24) is 10.6 Å². The van der Waals surface area contributed by atoms with Gasteiger partial charge in [-0.05, 0) is 50.4 Å². The van der Waals surface area contributed by atoms with Gasteiger partial charge in [0, 0.05) is 5.92 Å². The van der Waals surface area contributed by atoms with E-state index < -0.39 is 23.5 Å². The Morgan fingerprint density at radius 1 is 0.875 bits per heavy atom. The average Bonchev–Trinajstić information content (AvgIpc) is 2.80. The molecule has 0 aliphatic rings. The smallest absolute Gasteiger partial charge is 0.324 e. The Hall–Kier alpha value is -2.70. The maximum absolute atomic E-state index is 12.0. The summed E-state index contributed by atoms with van der Waals surface area (Å²) in [6.07, 6.45) is 4.14. The van der Waals surface area contributed by atoms with Crippen molar-refractivity contribution in [1.29, 1.82) is 0 Å². The van der Waals surface area contributed by atoms with Crippen LogP contribution in [0, 0.1) is 0 Å². The number of carbonyl (C=O) groups is 2. The van der Waals surface area contributed by atoms with E-state index in [0.29, 0.717) is 19.5 Å². The van der Waals surface area contributed by atoms with E-state index in [1.807, 2.05) is 67.6 Å². The van der Waals surface area contributed by atoms with Crippen LogP contribution in [0.15, 0.2) is 60.7 Å². The van der Waals surface area contributed by atoms with Gasteiger partial charge in [0.2, 0.25) is 0 Å². The number of hydrogen-bond donors (Lipinski definition) is 4. The summed E-state index contributed by atoms with van der Waals surface area (Å²) < 4.78 is 0. The van der Waals surface area contributed by atoms with Gasteiger partial charge in [-0.3, -0.25) is 9.59 Å². The molecule has 2 rings (SSSR count). The minimum atomic E-state index is -1.03. The highest BCUT2D eigenvalue weighted by Gasteiger charge is 2.39. The van der Waals surface area contributed by atoms with Crippen molar-refractivity contribution >= 4 is 11.9 Å². The lowest BCUT2D eigenvalue weighted by atomic mass is 9.81. The molecule has 2 aromatic carbocycles. The Bertz CT molecular complexity index is 828. The first-order valence-electron chi connectivity index (χ1n) is 11.4. The molecule has 3 atom stereocenters. The number of nitrogens with one attached hydrogen (secondary N) is 2. The number of carboxylic acid groups (broad SMARTS) is 2. The quantitative estimate of drug-likeness (QED) is 0.312. The maximum Gasteiger partial charge on any atom is 0.324 e. The van der Waals surface area contributed by atoms with E-state index in [1.54, 1.807) is 6.92 Å². The molecule has 0 aliphatic carbocycles.